The lowest BCUT2D eigenvalue weighted by Crippen LogP contribution is -2.49. The number of thiophene rings is 1. The molecule has 8 nitrogen and oxygen atoms in total. The van der Waals surface area contributed by atoms with Crippen LogP contribution in [0.1, 0.15) is 17.4 Å². The van der Waals surface area contributed by atoms with Crippen LogP contribution in [0.5, 0.6) is 0 Å². The van der Waals surface area contributed by atoms with Crippen molar-refractivity contribution < 1.29 is 4.79 Å². The fourth-order valence-electron chi connectivity index (χ4n) is 3.45. The van der Waals surface area contributed by atoms with Gasteiger partial charge in [-0.1, -0.05) is 6.92 Å². The smallest absolute Gasteiger partial charge is 0.231 e. The van der Waals surface area contributed by atoms with Crippen LogP contribution >= 0.6 is 11.3 Å². The number of piperazine rings is 1. The van der Waals surface area contributed by atoms with Crippen molar-refractivity contribution in [3.05, 3.63) is 16.8 Å². The van der Waals surface area contributed by atoms with Crippen LogP contribution < -0.4 is 10.6 Å². The molecule has 1 aliphatic heterocycles. The first kappa shape index (κ1) is 16.2. The minimum atomic E-state index is -0.284. The standard InChI is InChI=1S/C16H21N7OS/c1-3-11-10(2)13-14-18-9-19-23(14)16(20-15(13)25-11)22-6-4-21(5-7-22)8-12(17)24/h9H,3-8H2,1-2H3,(H2,17,24). The molecule has 1 fully saturated rings. The number of primary amides is 1. The normalized spacial score (nSPS) is 16.2. The van der Waals surface area contributed by atoms with Crippen LogP contribution in [0.15, 0.2) is 6.33 Å². The van der Waals surface area contributed by atoms with Gasteiger partial charge in [0.15, 0.2) is 5.65 Å². The Hall–Kier alpha value is -2.26. The van der Waals surface area contributed by atoms with Gasteiger partial charge in [0.05, 0.1) is 11.9 Å². The van der Waals surface area contributed by atoms with E-state index in [1.165, 1.54) is 10.4 Å². The third kappa shape index (κ3) is 2.73. The lowest BCUT2D eigenvalue weighted by molar-refractivity contribution is -0.119. The minimum Gasteiger partial charge on any atom is -0.369 e. The zero-order valence-corrected chi connectivity index (χ0v) is 15.2. The highest BCUT2D eigenvalue weighted by Crippen LogP contribution is 2.34. The van der Waals surface area contributed by atoms with Crippen LogP contribution in [0.4, 0.5) is 5.95 Å². The van der Waals surface area contributed by atoms with E-state index in [-0.39, 0.29) is 5.91 Å². The molecule has 132 valence electrons. The molecule has 0 unspecified atom stereocenters. The van der Waals surface area contributed by atoms with Crippen molar-refractivity contribution in [3.63, 3.8) is 0 Å². The van der Waals surface area contributed by atoms with Gasteiger partial charge in [-0.2, -0.15) is 9.61 Å². The van der Waals surface area contributed by atoms with Crippen LogP contribution in [0.25, 0.3) is 15.9 Å². The predicted molar refractivity (Wildman–Crippen MR) is 98.1 cm³/mol. The van der Waals surface area contributed by atoms with Crippen LogP contribution in [0.3, 0.4) is 0 Å². The molecule has 1 amide bonds. The maximum Gasteiger partial charge on any atom is 0.231 e. The van der Waals surface area contributed by atoms with Crippen LogP contribution in [-0.4, -0.2) is 63.1 Å². The molecule has 4 rings (SSSR count). The van der Waals surface area contributed by atoms with Crippen LogP contribution in [0.2, 0.25) is 0 Å². The highest BCUT2D eigenvalue weighted by atomic mass is 32.1. The molecule has 2 N–H and O–H groups in total. The summed E-state index contributed by atoms with van der Waals surface area (Å²) in [4.78, 5) is 27.1. The third-order valence-corrected chi connectivity index (χ3v) is 6.08. The Kier molecular flexibility index (Phi) is 4.04. The molecule has 1 saturated heterocycles. The number of hydrogen-bond donors (Lipinski definition) is 1. The van der Waals surface area contributed by atoms with Gasteiger partial charge in [-0.3, -0.25) is 9.69 Å². The Morgan fingerprint density at radius 2 is 2.08 bits per heavy atom. The lowest BCUT2D eigenvalue weighted by Gasteiger charge is -2.34. The molecule has 3 aromatic rings. The molecule has 3 aromatic heterocycles. The number of nitrogens with zero attached hydrogens (tertiary/aromatic N) is 6. The number of amides is 1. The van der Waals surface area contributed by atoms with Crippen molar-refractivity contribution in [1.82, 2.24) is 24.5 Å². The van der Waals surface area contributed by atoms with Gasteiger partial charge in [0.1, 0.15) is 11.2 Å². The second-order valence-electron chi connectivity index (χ2n) is 6.32. The fourth-order valence-corrected chi connectivity index (χ4v) is 4.56. The van der Waals surface area contributed by atoms with Crippen LogP contribution in [0, 0.1) is 6.92 Å². The summed E-state index contributed by atoms with van der Waals surface area (Å²) in [5.41, 5.74) is 7.42. The van der Waals surface area contributed by atoms with Gasteiger partial charge in [0, 0.05) is 31.1 Å². The van der Waals surface area contributed by atoms with Crippen molar-refractivity contribution in [2.24, 2.45) is 5.73 Å². The first-order valence-corrected chi connectivity index (χ1v) is 9.27. The van der Waals surface area contributed by atoms with Crippen molar-refractivity contribution in [1.29, 1.82) is 0 Å². The molecule has 0 spiro atoms. The van der Waals surface area contributed by atoms with E-state index in [1.807, 2.05) is 4.52 Å². The molecule has 0 bridgehead atoms. The summed E-state index contributed by atoms with van der Waals surface area (Å²) in [7, 11) is 0. The lowest BCUT2D eigenvalue weighted by atomic mass is 10.2. The Morgan fingerprint density at radius 3 is 2.76 bits per heavy atom. The number of hydrogen-bond acceptors (Lipinski definition) is 7. The maximum absolute atomic E-state index is 11.1. The van der Waals surface area contributed by atoms with Gasteiger partial charge in [-0.25, -0.2) is 9.97 Å². The van der Waals surface area contributed by atoms with Gasteiger partial charge in [0.2, 0.25) is 11.9 Å². The van der Waals surface area contributed by atoms with E-state index >= 15 is 0 Å². The summed E-state index contributed by atoms with van der Waals surface area (Å²) in [6, 6.07) is 0. The second kappa shape index (κ2) is 6.23. The van der Waals surface area contributed by atoms with Gasteiger partial charge < -0.3 is 10.6 Å². The Morgan fingerprint density at radius 1 is 1.32 bits per heavy atom. The summed E-state index contributed by atoms with van der Waals surface area (Å²) >= 11 is 1.74. The van der Waals surface area contributed by atoms with Gasteiger partial charge in [0.25, 0.3) is 0 Å². The van der Waals surface area contributed by atoms with Crippen LogP contribution in [-0.2, 0) is 11.2 Å². The number of carbonyl (C=O) groups excluding carboxylic acids is 1. The van der Waals surface area contributed by atoms with E-state index in [4.69, 9.17) is 10.7 Å². The largest absolute Gasteiger partial charge is 0.369 e. The molecule has 0 radical (unpaired) electrons. The minimum absolute atomic E-state index is 0.284. The summed E-state index contributed by atoms with van der Waals surface area (Å²) in [5, 5.41) is 5.51. The quantitative estimate of drug-likeness (QED) is 0.741. The van der Waals surface area contributed by atoms with Crippen molar-refractivity contribution in [3.8, 4) is 0 Å². The number of aromatic nitrogens is 4. The summed E-state index contributed by atoms with van der Waals surface area (Å²) in [6.45, 7) is 7.74. The molecular formula is C16H21N7OS. The fraction of sp³-hybridized carbons (Fsp3) is 0.500. The van der Waals surface area contributed by atoms with E-state index in [0.29, 0.717) is 6.54 Å². The molecule has 25 heavy (non-hydrogen) atoms. The molecular weight excluding hydrogens is 338 g/mol. The first-order chi connectivity index (χ1) is 12.1. The Labute approximate surface area is 149 Å². The highest BCUT2D eigenvalue weighted by Gasteiger charge is 2.24. The summed E-state index contributed by atoms with van der Waals surface area (Å²) in [5.74, 6) is 0.537. The Balaban J connectivity index is 1.72. The zero-order chi connectivity index (χ0) is 17.6. The van der Waals surface area contributed by atoms with Gasteiger partial charge in [-0.05, 0) is 18.9 Å². The molecule has 0 atom stereocenters. The zero-order valence-electron chi connectivity index (χ0n) is 14.4. The van der Waals surface area contributed by atoms with E-state index in [9.17, 15) is 4.79 Å². The third-order valence-electron chi connectivity index (χ3n) is 4.75. The number of aryl methyl sites for hydroxylation is 2. The van der Waals surface area contributed by atoms with E-state index in [0.717, 1.165) is 54.4 Å². The average molecular weight is 359 g/mol. The number of rotatable bonds is 4. The van der Waals surface area contributed by atoms with Crippen molar-refractivity contribution >= 4 is 39.1 Å². The maximum atomic E-state index is 11.1. The van der Waals surface area contributed by atoms with E-state index < -0.39 is 0 Å². The SMILES string of the molecule is CCc1sc2nc(N3CCN(CC(N)=O)CC3)n3ncnc3c2c1C. The second-order valence-corrected chi connectivity index (χ2v) is 7.40. The first-order valence-electron chi connectivity index (χ1n) is 8.45. The molecule has 0 aromatic carbocycles. The monoisotopic (exact) mass is 359 g/mol. The predicted octanol–water partition coefficient (Wildman–Crippen LogP) is 0.817. The van der Waals surface area contributed by atoms with Crippen molar-refractivity contribution in [2.75, 3.05) is 37.6 Å². The average Bonchev–Trinajstić information content (AvgIpc) is 3.18. The van der Waals surface area contributed by atoms with E-state index in [1.54, 1.807) is 17.7 Å². The summed E-state index contributed by atoms with van der Waals surface area (Å²) in [6.07, 6.45) is 2.58. The number of carbonyl (C=O) groups is 1. The highest BCUT2D eigenvalue weighted by molar-refractivity contribution is 7.19. The van der Waals surface area contributed by atoms with E-state index in [2.05, 4.69) is 33.7 Å². The number of anilines is 1. The molecule has 0 aliphatic carbocycles. The summed E-state index contributed by atoms with van der Waals surface area (Å²) < 4.78 is 1.84. The van der Waals surface area contributed by atoms with Crippen molar-refractivity contribution in [2.45, 2.75) is 20.3 Å². The van der Waals surface area contributed by atoms with Gasteiger partial charge in [-0.15, -0.1) is 11.3 Å². The Bertz CT molecular complexity index is 939. The van der Waals surface area contributed by atoms with Gasteiger partial charge >= 0.3 is 0 Å². The number of fused-ring (bicyclic) bond motifs is 3. The number of nitrogens with two attached hydrogens (primary N) is 1. The molecule has 9 heteroatoms. The molecule has 0 saturated carbocycles. The molecule has 1 aliphatic rings. The molecule has 4 heterocycles. The topological polar surface area (TPSA) is 92.7 Å².